The molecule has 0 heterocycles. The van der Waals surface area contributed by atoms with Crippen LogP contribution in [-0.2, 0) is 0 Å². The number of rotatable bonds is 2. The third-order valence-electron chi connectivity index (χ3n) is 2.87. The van der Waals surface area contributed by atoms with Gasteiger partial charge in [0.1, 0.15) is 0 Å². The average Bonchev–Trinajstić information content (AvgIpc) is 2.50. The van der Waals surface area contributed by atoms with E-state index < -0.39 is 0 Å². The number of hydrogen-bond donors (Lipinski definition) is 0. The molecule has 1 aromatic rings. The van der Waals surface area contributed by atoms with Gasteiger partial charge in [-0.3, -0.25) is 0 Å². The van der Waals surface area contributed by atoms with Crippen molar-refractivity contribution in [2.24, 2.45) is 0 Å². The molecule has 0 aromatic heterocycles. The van der Waals surface area contributed by atoms with Crippen molar-refractivity contribution < 1.29 is 21.7 Å². The molecule has 0 spiro atoms. The van der Waals surface area contributed by atoms with Crippen LogP contribution in [0.3, 0.4) is 0 Å². The van der Waals surface area contributed by atoms with Crippen LogP contribution in [0.15, 0.2) is 18.2 Å². The van der Waals surface area contributed by atoms with Crippen molar-refractivity contribution in [3.05, 3.63) is 29.3 Å². The average molecular weight is 328 g/mol. The molecule has 0 radical (unpaired) electrons. The maximum Gasteiger partial charge on any atom is 2.00 e. The van der Waals surface area contributed by atoms with E-state index in [-0.39, 0.29) is 40.0 Å². The predicted molar refractivity (Wildman–Crippen MR) is 68.2 cm³/mol. The fourth-order valence-corrected chi connectivity index (χ4v) is 2.20. The Kier molecular flexibility index (Phi) is 9.79. The largest absolute Gasteiger partial charge is 2.00 e. The SMILES string of the molecule is Clc1c[c-]ccc1OC1CCCCCC1.[Br-].[Mg+2]. The van der Waals surface area contributed by atoms with Crippen molar-refractivity contribution in [3.8, 4) is 5.75 Å². The second-order valence-electron chi connectivity index (χ2n) is 4.09. The summed E-state index contributed by atoms with van der Waals surface area (Å²) in [5.41, 5.74) is 0. The van der Waals surface area contributed by atoms with Gasteiger partial charge in [0.25, 0.3) is 0 Å². The van der Waals surface area contributed by atoms with Crippen molar-refractivity contribution in [3.63, 3.8) is 0 Å². The number of benzene rings is 1. The first-order chi connectivity index (χ1) is 7.36. The van der Waals surface area contributed by atoms with E-state index in [0.717, 1.165) is 18.6 Å². The molecule has 0 atom stereocenters. The molecule has 1 aliphatic rings. The number of ether oxygens (including phenoxy) is 1. The second kappa shape index (κ2) is 9.48. The van der Waals surface area contributed by atoms with E-state index in [1.807, 2.05) is 12.1 Å². The predicted octanol–water partition coefficient (Wildman–Crippen LogP) is 0.865. The summed E-state index contributed by atoms with van der Waals surface area (Å²) in [6.45, 7) is 0. The molecule has 1 nitrogen and oxygen atoms in total. The van der Waals surface area contributed by atoms with Crippen LogP contribution in [-0.4, -0.2) is 29.2 Å². The Hall–Kier alpha value is 0.556. The first-order valence-electron chi connectivity index (χ1n) is 5.68. The Morgan fingerprint density at radius 1 is 1.18 bits per heavy atom. The summed E-state index contributed by atoms with van der Waals surface area (Å²) >= 11 is 6.03. The molecule has 4 heteroatoms. The summed E-state index contributed by atoms with van der Waals surface area (Å²) < 4.78 is 5.91. The third kappa shape index (κ3) is 5.82. The second-order valence-corrected chi connectivity index (χ2v) is 4.50. The minimum absolute atomic E-state index is 0. The van der Waals surface area contributed by atoms with Gasteiger partial charge in [0, 0.05) is 5.75 Å². The quantitative estimate of drug-likeness (QED) is 0.445. The minimum atomic E-state index is 0. The summed E-state index contributed by atoms with van der Waals surface area (Å²) in [6, 6.07) is 8.44. The standard InChI is InChI=1S/C13H16ClO.BrH.Mg/c14-12-9-5-6-10-13(12)15-11-7-3-1-2-4-8-11;;/h6,9-11H,1-4,7-8H2;1H;/q-1;;+2/p-1. The summed E-state index contributed by atoms with van der Waals surface area (Å²) in [6.07, 6.45) is 7.92. The number of hydrogen-bond acceptors (Lipinski definition) is 1. The van der Waals surface area contributed by atoms with Crippen LogP contribution in [0, 0.1) is 6.07 Å². The molecule has 1 aromatic carbocycles. The van der Waals surface area contributed by atoms with Crippen molar-refractivity contribution in [1.29, 1.82) is 0 Å². The molecule has 0 N–H and O–H groups in total. The molecular formula is C13H16BrClMgO. The zero-order chi connectivity index (χ0) is 10.5. The van der Waals surface area contributed by atoms with Gasteiger partial charge >= 0.3 is 23.1 Å². The Bertz CT molecular complexity index is 314. The van der Waals surface area contributed by atoms with Gasteiger partial charge < -0.3 is 21.7 Å². The van der Waals surface area contributed by atoms with Gasteiger partial charge in [-0.15, -0.1) is 6.07 Å². The molecule has 0 amide bonds. The Labute approximate surface area is 135 Å². The monoisotopic (exact) mass is 326 g/mol. The van der Waals surface area contributed by atoms with E-state index in [4.69, 9.17) is 16.3 Å². The van der Waals surface area contributed by atoms with E-state index in [1.54, 1.807) is 6.07 Å². The van der Waals surface area contributed by atoms with E-state index in [9.17, 15) is 0 Å². The van der Waals surface area contributed by atoms with E-state index in [1.165, 1.54) is 25.7 Å². The van der Waals surface area contributed by atoms with Gasteiger partial charge in [-0.2, -0.15) is 29.8 Å². The van der Waals surface area contributed by atoms with E-state index in [2.05, 4.69) is 6.07 Å². The van der Waals surface area contributed by atoms with Gasteiger partial charge in [0.05, 0.1) is 6.10 Å². The van der Waals surface area contributed by atoms with Crippen LogP contribution in [0.1, 0.15) is 38.5 Å². The van der Waals surface area contributed by atoms with Gasteiger partial charge in [0.15, 0.2) is 0 Å². The first kappa shape index (κ1) is 17.6. The molecule has 0 bridgehead atoms. The first-order valence-corrected chi connectivity index (χ1v) is 6.06. The number of halogens is 2. The molecule has 0 aliphatic heterocycles. The fraction of sp³-hybridized carbons (Fsp3) is 0.538. The van der Waals surface area contributed by atoms with Gasteiger partial charge in [0.2, 0.25) is 0 Å². The van der Waals surface area contributed by atoms with Crippen molar-refractivity contribution in [2.45, 2.75) is 44.6 Å². The summed E-state index contributed by atoms with van der Waals surface area (Å²) in [5.74, 6) is 0.808. The van der Waals surface area contributed by atoms with Crippen LogP contribution >= 0.6 is 11.6 Å². The summed E-state index contributed by atoms with van der Waals surface area (Å²) in [4.78, 5) is 0. The molecule has 17 heavy (non-hydrogen) atoms. The van der Waals surface area contributed by atoms with E-state index in [0.29, 0.717) is 11.1 Å². The molecule has 1 fully saturated rings. The van der Waals surface area contributed by atoms with E-state index >= 15 is 0 Å². The molecule has 1 saturated carbocycles. The van der Waals surface area contributed by atoms with Crippen molar-refractivity contribution >= 4 is 34.7 Å². The fourth-order valence-electron chi connectivity index (χ4n) is 2.03. The topological polar surface area (TPSA) is 9.23 Å². The van der Waals surface area contributed by atoms with Gasteiger partial charge in [-0.25, -0.2) is 0 Å². The molecule has 2 rings (SSSR count). The molecule has 1 aliphatic carbocycles. The summed E-state index contributed by atoms with van der Waals surface area (Å²) in [7, 11) is 0. The zero-order valence-electron chi connectivity index (χ0n) is 9.92. The smallest absolute Gasteiger partial charge is 1.00 e. The van der Waals surface area contributed by atoms with Crippen LogP contribution in [0.5, 0.6) is 5.75 Å². The molecule has 0 unspecified atom stereocenters. The Morgan fingerprint density at radius 3 is 2.41 bits per heavy atom. The molecular weight excluding hydrogens is 312 g/mol. The normalized spacial score (nSPS) is 16.3. The zero-order valence-corrected chi connectivity index (χ0v) is 13.7. The molecule has 0 saturated heterocycles. The molecule has 90 valence electrons. The van der Waals surface area contributed by atoms with Crippen LogP contribution < -0.4 is 21.7 Å². The summed E-state index contributed by atoms with van der Waals surface area (Å²) in [5, 5.41) is 0.668. The maximum atomic E-state index is 6.03. The third-order valence-corrected chi connectivity index (χ3v) is 3.17. The Morgan fingerprint density at radius 2 is 1.82 bits per heavy atom. The van der Waals surface area contributed by atoms with Gasteiger partial charge in [-0.1, -0.05) is 12.8 Å². The van der Waals surface area contributed by atoms with Crippen LogP contribution in [0.25, 0.3) is 0 Å². The van der Waals surface area contributed by atoms with Gasteiger partial charge in [-0.05, 0) is 30.7 Å². The van der Waals surface area contributed by atoms with Crippen molar-refractivity contribution in [2.75, 3.05) is 0 Å². The minimum Gasteiger partial charge on any atom is -1.00 e. The van der Waals surface area contributed by atoms with Crippen molar-refractivity contribution in [1.82, 2.24) is 0 Å². The Balaban J connectivity index is 0.00000128. The van der Waals surface area contributed by atoms with Crippen LogP contribution in [0.4, 0.5) is 0 Å². The maximum absolute atomic E-state index is 6.03. The van der Waals surface area contributed by atoms with Crippen LogP contribution in [0.2, 0.25) is 5.02 Å².